The zero-order valence-corrected chi connectivity index (χ0v) is 17.1. The molecule has 1 saturated heterocycles. The first kappa shape index (κ1) is 23.9. The van der Waals surface area contributed by atoms with E-state index in [2.05, 4.69) is 5.32 Å². The number of benzene rings is 1. The molecule has 0 saturated carbocycles. The number of anilines is 1. The number of carbonyl (C=O) groups is 3. The number of carbonyl (C=O) groups excluding carboxylic acids is 3. The van der Waals surface area contributed by atoms with Crippen LogP contribution in [0.2, 0.25) is 0 Å². The molecule has 3 amide bonds. The molecule has 1 aliphatic rings. The number of likely N-dealkylation sites (tertiary alicyclic amines) is 1. The Balaban J connectivity index is 1.47. The van der Waals surface area contributed by atoms with Crippen molar-refractivity contribution in [3.63, 3.8) is 0 Å². The summed E-state index contributed by atoms with van der Waals surface area (Å²) < 4.78 is 38.1. The minimum Gasteiger partial charge on any atom is -0.326 e. The average Bonchev–Trinajstić information content (AvgIpc) is 3.00. The molecule has 166 valence electrons. The van der Waals surface area contributed by atoms with Crippen molar-refractivity contribution in [1.82, 2.24) is 4.90 Å². The standard InChI is InChI=1S/C22H29F3N2O3/c23-22(24,25)17-10-9-11-18(16-17)26-19(28)12-7-5-3-1-2-4-6-8-15-27-20(29)13-14-21(27)30/h9-11,16H,1-8,12-15H2,(H,26,28). The first-order chi connectivity index (χ1) is 14.3. The van der Waals surface area contributed by atoms with Crippen molar-refractivity contribution in [2.24, 2.45) is 0 Å². The van der Waals surface area contributed by atoms with E-state index in [1.807, 2.05) is 0 Å². The highest BCUT2D eigenvalue weighted by atomic mass is 19.4. The van der Waals surface area contributed by atoms with Crippen LogP contribution in [0.25, 0.3) is 0 Å². The summed E-state index contributed by atoms with van der Waals surface area (Å²) in [6.07, 6.45) is 4.13. The second kappa shape index (κ2) is 11.7. The summed E-state index contributed by atoms with van der Waals surface area (Å²) in [5.41, 5.74) is -0.619. The van der Waals surface area contributed by atoms with Crippen LogP contribution in [0, 0.1) is 0 Å². The summed E-state index contributed by atoms with van der Waals surface area (Å²) in [7, 11) is 0. The Morgan fingerprint density at radius 3 is 2.07 bits per heavy atom. The van der Waals surface area contributed by atoms with Gasteiger partial charge in [-0.15, -0.1) is 0 Å². The van der Waals surface area contributed by atoms with E-state index in [0.717, 1.165) is 57.1 Å². The molecule has 0 bridgehead atoms. The van der Waals surface area contributed by atoms with E-state index in [-0.39, 0.29) is 29.8 Å². The Morgan fingerprint density at radius 1 is 0.900 bits per heavy atom. The number of hydrogen-bond donors (Lipinski definition) is 1. The maximum atomic E-state index is 12.7. The number of rotatable bonds is 12. The minimum atomic E-state index is -4.43. The second-order valence-corrected chi connectivity index (χ2v) is 7.64. The van der Waals surface area contributed by atoms with E-state index in [4.69, 9.17) is 0 Å². The molecular weight excluding hydrogens is 397 g/mol. The van der Waals surface area contributed by atoms with E-state index < -0.39 is 11.7 Å². The number of hydrogen-bond acceptors (Lipinski definition) is 3. The molecule has 0 spiro atoms. The van der Waals surface area contributed by atoms with Gasteiger partial charge in [0.1, 0.15) is 0 Å². The third kappa shape index (κ3) is 8.16. The van der Waals surface area contributed by atoms with Crippen molar-refractivity contribution >= 4 is 23.4 Å². The van der Waals surface area contributed by atoms with E-state index in [1.54, 1.807) is 0 Å². The molecule has 1 aliphatic heterocycles. The van der Waals surface area contributed by atoms with Gasteiger partial charge in [0.25, 0.3) is 0 Å². The van der Waals surface area contributed by atoms with Crippen LogP contribution in [-0.2, 0) is 20.6 Å². The van der Waals surface area contributed by atoms with Crippen LogP contribution < -0.4 is 5.32 Å². The number of alkyl halides is 3. The molecule has 1 aromatic rings. The Bertz CT molecular complexity index is 719. The Hall–Kier alpha value is -2.38. The molecule has 1 N–H and O–H groups in total. The van der Waals surface area contributed by atoms with Crippen molar-refractivity contribution in [3.05, 3.63) is 29.8 Å². The SMILES string of the molecule is O=C(CCCCCCCCCCN1C(=O)CCC1=O)Nc1cccc(C(F)(F)F)c1. The first-order valence-corrected chi connectivity index (χ1v) is 10.6. The lowest BCUT2D eigenvalue weighted by molar-refractivity contribution is -0.139. The molecule has 0 atom stereocenters. The molecule has 0 unspecified atom stereocenters. The van der Waals surface area contributed by atoms with Crippen LogP contribution in [-0.4, -0.2) is 29.2 Å². The largest absolute Gasteiger partial charge is 0.416 e. The number of nitrogens with zero attached hydrogens (tertiary/aromatic N) is 1. The molecule has 0 aliphatic carbocycles. The molecule has 5 nitrogen and oxygen atoms in total. The number of halogens is 3. The Labute approximate surface area is 175 Å². The van der Waals surface area contributed by atoms with Gasteiger partial charge in [-0.1, -0.05) is 44.6 Å². The van der Waals surface area contributed by atoms with Gasteiger partial charge in [-0.2, -0.15) is 13.2 Å². The molecular formula is C22H29F3N2O3. The lowest BCUT2D eigenvalue weighted by atomic mass is 10.1. The minimum absolute atomic E-state index is 0.0582. The highest BCUT2D eigenvalue weighted by Crippen LogP contribution is 2.30. The molecule has 30 heavy (non-hydrogen) atoms. The fourth-order valence-electron chi connectivity index (χ4n) is 3.49. The molecule has 2 rings (SSSR count). The molecule has 0 aromatic heterocycles. The lowest BCUT2D eigenvalue weighted by Crippen LogP contribution is -2.29. The topological polar surface area (TPSA) is 66.5 Å². The summed E-state index contributed by atoms with van der Waals surface area (Å²) >= 11 is 0. The third-order valence-corrected chi connectivity index (χ3v) is 5.16. The molecule has 1 heterocycles. The predicted molar refractivity (Wildman–Crippen MR) is 108 cm³/mol. The second-order valence-electron chi connectivity index (χ2n) is 7.64. The van der Waals surface area contributed by atoms with E-state index >= 15 is 0 Å². The first-order valence-electron chi connectivity index (χ1n) is 10.6. The summed E-state index contributed by atoms with van der Waals surface area (Å²) in [6.45, 7) is 0.526. The van der Waals surface area contributed by atoms with Gasteiger partial charge in [-0.05, 0) is 31.0 Å². The van der Waals surface area contributed by atoms with Gasteiger partial charge in [0, 0.05) is 31.5 Å². The van der Waals surface area contributed by atoms with Crippen molar-refractivity contribution in [2.75, 3.05) is 11.9 Å². The van der Waals surface area contributed by atoms with Gasteiger partial charge >= 0.3 is 6.18 Å². The summed E-state index contributed by atoms with van der Waals surface area (Å²) in [5, 5.41) is 2.52. The van der Waals surface area contributed by atoms with Gasteiger partial charge in [-0.3, -0.25) is 19.3 Å². The smallest absolute Gasteiger partial charge is 0.326 e. The zero-order chi connectivity index (χ0) is 22.0. The number of imide groups is 1. The van der Waals surface area contributed by atoms with Crippen LogP contribution in [0.4, 0.5) is 18.9 Å². The quantitative estimate of drug-likeness (QED) is 0.364. The third-order valence-electron chi connectivity index (χ3n) is 5.16. The van der Waals surface area contributed by atoms with Crippen LogP contribution in [0.3, 0.4) is 0 Å². The Morgan fingerprint density at radius 2 is 1.47 bits per heavy atom. The Kier molecular flexibility index (Phi) is 9.33. The van der Waals surface area contributed by atoms with Crippen LogP contribution in [0.1, 0.15) is 76.2 Å². The van der Waals surface area contributed by atoms with E-state index in [1.165, 1.54) is 17.0 Å². The molecule has 1 aromatic carbocycles. The monoisotopic (exact) mass is 426 g/mol. The number of nitrogens with one attached hydrogen (secondary N) is 1. The highest BCUT2D eigenvalue weighted by Gasteiger charge is 2.30. The predicted octanol–water partition coefficient (Wildman–Crippen LogP) is 5.30. The van der Waals surface area contributed by atoms with Crippen LogP contribution >= 0.6 is 0 Å². The molecule has 8 heteroatoms. The van der Waals surface area contributed by atoms with Crippen molar-refractivity contribution in [2.45, 2.75) is 76.8 Å². The van der Waals surface area contributed by atoms with Gasteiger partial charge in [0.05, 0.1) is 5.56 Å². The fraction of sp³-hybridized carbons (Fsp3) is 0.591. The van der Waals surface area contributed by atoms with Crippen LogP contribution in [0.5, 0.6) is 0 Å². The maximum Gasteiger partial charge on any atom is 0.416 e. The van der Waals surface area contributed by atoms with Gasteiger partial charge < -0.3 is 5.32 Å². The van der Waals surface area contributed by atoms with Gasteiger partial charge in [0.2, 0.25) is 17.7 Å². The van der Waals surface area contributed by atoms with Crippen molar-refractivity contribution in [1.29, 1.82) is 0 Å². The summed E-state index contributed by atoms with van der Waals surface area (Å²) in [5.74, 6) is -0.394. The zero-order valence-electron chi connectivity index (χ0n) is 17.1. The van der Waals surface area contributed by atoms with E-state index in [0.29, 0.717) is 25.8 Å². The molecule has 0 radical (unpaired) electrons. The van der Waals surface area contributed by atoms with Gasteiger partial charge in [-0.25, -0.2) is 0 Å². The summed E-state index contributed by atoms with van der Waals surface area (Å²) in [6, 6.07) is 4.64. The van der Waals surface area contributed by atoms with Gasteiger partial charge in [0.15, 0.2) is 0 Å². The van der Waals surface area contributed by atoms with Crippen LogP contribution in [0.15, 0.2) is 24.3 Å². The highest BCUT2D eigenvalue weighted by molar-refractivity contribution is 6.01. The maximum absolute atomic E-state index is 12.7. The van der Waals surface area contributed by atoms with Crippen molar-refractivity contribution < 1.29 is 27.6 Å². The molecule has 1 fully saturated rings. The lowest BCUT2D eigenvalue weighted by Gasteiger charge is -2.13. The number of amides is 3. The summed E-state index contributed by atoms with van der Waals surface area (Å²) in [4.78, 5) is 36.2. The number of unbranched alkanes of at least 4 members (excludes halogenated alkanes) is 7. The van der Waals surface area contributed by atoms with E-state index in [9.17, 15) is 27.6 Å². The normalized spacial score (nSPS) is 14.4. The average molecular weight is 426 g/mol. The fourth-order valence-corrected chi connectivity index (χ4v) is 3.49. The van der Waals surface area contributed by atoms with Crippen molar-refractivity contribution in [3.8, 4) is 0 Å².